The van der Waals surface area contributed by atoms with Crippen LogP contribution in [0.15, 0.2) is 52.4 Å². The minimum Gasteiger partial charge on any atom is -0.298 e. The number of pyridine rings is 1. The molecule has 0 aliphatic heterocycles. The predicted molar refractivity (Wildman–Crippen MR) is 61.5 cm³/mol. The number of carbonyl (C=O) groups excluding carboxylic acids is 1. The van der Waals surface area contributed by atoms with E-state index in [0.29, 0.717) is 0 Å². The fourth-order valence-electron chi connectivity index (χ4n) is 1.50. The number of halogens is 1. The Kier molecular flexibility index (Phi) is 3.20. The second-order valence-corrected chi connectivity index (χ2v) is 5.37. The maximum Gasteiger partial charge on any atom is 0.224 e. The highest BCUT2D eigenvalue weighted by Crippen LogP contribution is 2.23. The van der Waals surface area contributed by atoms with Crippen molar-refractivity contribution in [3.63, 3.8) is 0 Å². The molecule has 0 spiro atoms. The van der Waals surface area contributed by atoms with Crippen molar-refractivity contribution in [1.82, 2.24) is 4.98 Å². The smallest absolute Gasteiger partial charge is 0.224 e. The Balaban J connectivity index is 2.70. The first kappa shape index (κ1) is 12.4. The van der Waals surface area contributed by atoms with Gasteiger partial charge in [0.25, 0.3) is 0 Å². The quantitative estimate of drug-likeness (QED) is 0.627. The lowest BCUT2D eigenvalue weighted by molar-refractivity contribution is 0.111. The summed E-state index contributed by atoms with van der Waals surface area (Å²) in [4.78, 5) is 13.7. The van der Waals surface area contributed by atoms with Crippen molar-refractivity contribution >= 4 is 16.1 Å². The molecule has 0 bridgehead atoms. The lowest BCUT2D eigenvalue weighted by Gasteiger charge is -2.06. The number of sulfone groups is 1. The van der Waals surface area contributed by atoms with Crippen molar-refractivity contribution in [3.05, 3.63) is 54.1 Å². The van der Waals surface area contributed by atoms with Crippen LogP contribution in [-0.4, -0.2) is 19.7 Å². The summed E-state index contributed by atoms with van der Waals surface area (Å²) in [6.07, 6.45) is 1.16. The number of hydrogen-bond donors (Lipinski definition) is 0. The van der Waals surface area contributed by atoms with Gasteiger partial charge in [-0.05, 0) is 18.2 Å². The minimum atomic E-state index is -3.92. The molecule has 1 heterocycles. The predicted octanol–water partition coefficient (Wildman–Crippen LogP) is 1.87. The zero-order valence-electron chi connectivity index (χ0n) is 9.08. The zero-order valence-corrected chi connectivity index (χ0v) is 9.89. The summed E-state index contributed by atoms with van der Waals surface area (Å²) >= 11 is 0. The van der Waals surface area contributed by atoms with Gasteiger partial charge in [-0.1, -0.05) is 18.2 Å². The summed E-state index contributed by atoms with van der Waals surface area (Å²) in [6, 6.07) is 8.61. The molecule has 0 unspecified atom stereocenters. The summed E-state index contributed by atoms with van der Waals surface area (Å²) in [5, 5.41) is 0. The van der Waals surface area contributed by atoms with Crippen LogP contribution in [-0.2, 0) is 9.84 Å². The highest BCUT2D eigenvalue weighted by molar-refractivity contribution is 7.91. The maximum absolute atomic E-state index is 13.3. The summed E-state index contributed by atoms with van der Waals surface area (Å²) in [5.74, 6) is -1.10. The Bertz CT molecular complexity index is 684. The van der Waals surface area contributed by atoms with E-state index < -0.39 is 21.3 Å². The summed E-state index contributed by atoms with van der Waals surface area (Å²) in [5.41, 5.74) is -0.554. The van der Waals surface area contributed by atoms with Crippen molar-refractivity contribution < 1.29 is 17.6 Å². The molecule has 0 saturated carbocycles. The molecule has 0 atom stereocenters. The molecule has 18 heavy (non-hydrogen) atoms. The highest BCUT2D eigenvalue weighted by Gasteiger charge is 2.23. The van der Waals surface area contributed by atoms with E-state index in [2.05, 4.69) is 4.98 Å². The van der Waals surface area contributed by atoms with Crippen LogP contribution in [0.1, 0.15) is 10.4 Å². The van der Waals surface area contributed by atoms with Crippen LogP contribution in [0.4, 0.5) is 4.39 Å². The van der Waals surface area contributed by atoms with Crippen LogP contribution in [0.25, 0.3) is 0 Å². The van der Waals surface area contributed by atoms with E-state index in [4.69, 9.17) is 0 Å². The largest absolute Gasteiger partial charge is 0.298 e. The third-order valence-electron chi connectivity index (χ3n) is 2.36. The molecular formula is C12H8FNO3S. The van der Waals surface area contributed by atoms with Crippen molar-refractivity contribution in [2.45, 2.75) is 9.79 Å². The van der Waals surface area contributed by atoms with Crippen LogP contribution in [0.3, 0.4) is 0 Å². The van der Waals surface area contributed by atoms with Gasteiger partial charge in [-0.2, -0.15) is 4.39 Å². The number of aldehydes is 1. The van der Waals surface area contributed by atoms with E-state index >= 15 is 0 Å². The molecular weight excluding hydrogens is 257 g/mol. The lowest BCUT2D eigenvalue weighted by atomic mass is 10.3. The van der Waals surface area contributed by atoms with E-state index in [9.17, 15) is 17.6 Å². The van der Waals surface area contributed by atoms with E-state index in [1.54, 1.807) is 18.2 Å². The van der Waals surface area contributed by atoms with Crippen LogP contribution in [0, 0.1) is 5.95 Å². The van der Waals surface area contributed by atoms with Crippen molar-refractivity contribution in [2.24, 2.45) is 0 Å². The Morgan fingerprint density at radius 3 is 2.39 bits per heavy atom. The number of aromatic nitrogens is 1. The minimum absolute atomic E-state index is 0.00120. The number of rotatable bonds is 3. The number of carbonyl (C=O) groups is 1. The van der Waals surface area contributed by atoms with Crippen molar-refractivity contribution in [1.29, 1.82) is 0 Å². The normalized spacial score (nSPS) is 11.2. The van der Waals surface area contributed by atoms with Crippen LogP contribution in [0.5, 0.6) is 0 Å². The van der Waals surface area contributed by atoms with Gasteiger partial charge in [-0.15, -0.1) is 0 Å². The molecule has 0 amide bonds. The van der Waals surface area contributed by atoms with Gasteiger partial charge >= 0.3 is 0 Å². The molecule has 2 rings (SSSR count). The summed E-state index contributed by atoms with van der Waals surface area (Å²) in [6.45, 7) is 0. The molecule has 0 saturated heterocycles. The first-order valence-electron chi connectivity index (χ1n) is 4.97. The Hall–Kier alpha value is -2.08. The van der Waals surface area contributed by atoms with Crippen molar-refractivity contribution in [3.8, 4) is 0 Å². The van der Waals surface area contributed by atoms with E-state index in [-0.39, 0.29) is 16.1 Å². The average molecular weight is 265 g/mol. The summed E-state index contributed by atoms with van der Waals surface area (Å²) in [7, 11) is -3.92. The topological polar surface area (TPSA) is 64.1 Å². The van der Waals surface area contributed by atoms with Gasteiger partial charge in [0.15, 0.2) is 6.29 Å². The molecule has 6 heteroatoms. The van der Waals surface area contributed by atoms with Gasteiger partial charge in [0.2, 0.25) is 15.8 Å². The molecule has 92 valence electrons. The Labute approximate surface area is 103 Å². The molecule has 2 aromatic rings. The molecule has 1 aromatic carbocycles. The standard InChI is InChI=1S/C12H8FNO3S/c13-12-10(8-15)11(6-7-14-12)18(16,17)9-4-2-1-3-5-9/h1-8H. The van der Waals surface area contributed by atoms with E-state index in [0.717, 1.165) is 12.3 Å². The lowest BCUT2D eigenvalue weighted by Crippen LogP contribution is -2.08. The van der Waals surface area contributed by atoms with Crippen LogP contribution >= 0.6 is 0 Å². The second-order valence-electron chi connectivity index (χ2n) is 3.45. The molecule has 1 aromatic heterocycles. The Morgan fingerprint density at radius 2 is 1.78 bits per heavy atom. The number of hydrogen-bond acceptors (Lipinski definition) is 4. The van der Waals surface area contributed by atoms with Crippen molar-refractivity contribution in [2.75, 3.05) is 0 Å². The maximum atomic E-state index is 13.3. The first-order valence-corrected chi connectivity index (χ1v) is 6.45. The fourth-order valence-corrected chi connectivity index (χ4v) is 2.93. The molecule has 0 aliphatic carbocycles. The van der Waals surface area contributed by atoms with Gasteiger partial charge in [-0.3, -0.25) is 4.79 Å². The molecule has 0 aliphatic rings. The fraction of sp³-hybridized carbons (Fsp3) is 0. The third kappa shape index (κ3) is 2.02. The zero-order chi connectivity index (χ0) is 13.2. The van der Waals surface area contributed by atoms with Gasteiger partial charge in [0.05, 0.1) is 15.4 Å². The monoisotopic (exact) mass is 265 g/mol. The summed E-state index contributed by atoms with van der Waals surface area (Å²) < 4.78 is 37.7. The van der Waals surface area contributed by atoms with Gasteiger partial charge in [0.1, 0.15) is 0 Å². The first-order chi connectivity index (χ1) is 8.57. The average Bonchev–Trinajstić information content (AvgIpc) is 2.39. The van der Waals surface area contributed by atoms with Gasteiger partial charge in [-0.25, -0.2) is 13.4 Å². The second kappa shape index (κ2) is 4.66. The van der Waals surface area contributed by atoms with Gasteiger partial charge in [0, 0.05) is 6.20 Å². The van der Waals surface area contributed by atoms with Crippen LogP contribution < -0.4 is 0 Å². The van der Waals surface area contributed by atoms with Crippen LogP contribution in [0.2, 0.25) is 0 Å². The number of nitrogens with zero attached hydrogens (tertiary/aromatic N) is 1. The molecule has 0 radical (unpaired) electrons. The molecule has 0 fully saturated rings. The molecule has 4 nitrogen and oxygen atoms in total. The Morgan fingerprint density at radius 1 is 1.11 bits per heavy atom. The SMILES string of the molecule is O=Cc1c(S(=O)(=O)c2ccccc2)ccnc1F. The third-order valence-corrected chi connectivity index (χ3v) is 4.19. The highest BCUT2D eigenvalue weighted by atomic mass is 32.2. The van der Waals surface area contributed by atoms with E-state index in [1.165, 1.54) is 12.1 Å². The number of benzene rings is 1. The van der Waals surface area contributed by atoms with Gasteiger partial charge < -0.3 is 0 Å². The molecule has 0 N–H and O–H groups in total. The van der Waals surface area contributed by atoms with E-state index in [1.807, 2.05) is 0 Å².